The van der Waals surface area contributed by atoms with Gasteiger partial charge in [-0.1, -0.05) is 47.1 Å². The highest BCUT2D eigenvalue weighted by Crippen LogP contribution is 2.23. The molecular formula is C14H19BrN4. The van der Waals surface area contributed by atoms with Gasteiger partial charge in [0, 0.05) is 11.0 Å². The number of benzene rings is 1. The third kappa shape index (κ3) is 3.42. The Kier molecular flexibility index (Phi) is 5.10. The summed E-state index contributed by atoms with van der Waals surface area (Å²) in [5.41, 5.74) is 2.34. The summed E-state index contributed by atoms with van der Waals surface area (Å²) < 4.78 is 3.07. The molecule has 2 aromatic rings. The van der Waals surface area contributed by atoms with Crippen molar-refractivity contribution in [3.8, 4) is 0 Å². The molecule has 0 aliphatic carbocycles. The van der Waals surface area contributed by atoms with E-state index in [1.165, 1.54) is 5.56 Å². The lowest BCUT2D eigenvalue weighted by atomic mass is 10.0. The molecule has 0 radical (unpaired) electrons. The minimum Gasteiger partial charge on any atom is -0.305 e. The normalized spacial score (nSPS) is 12.6. The molecule has 2 rings (SSSR count). The summed E-state index contributed by atoms with van der Waals surface area (Å²) in [6, 6.07) is 8.52. The van der Waals surface area contributed by atoms with E-state index in [0.717, 1.165) is 29.7 Å². The second-order valence-electron chi connectivity index (χ2n) is 4.42. The lowest BCUT2D eigenvalue weighted by Gasteiger charge is -2.19. The van der Waals surface area contributed by atoms with Crippen molar-refractivity contribution in [1.82, 2.24) is 20.3 Å². The number of hydrogen-bond donors (Lipinski definition) is 1. The molecule has 1 unspecified atom stereocenters. The van der Waals surface area contributed by atoms with Crippen LogP contribution < -0.4 is 5.32 Å². The van der Waals surface area contributed by atoms with Crippen molar-refractivity contribution in [3.63, 3.8) is 0 Å². The van der Waals surface area contributed by atoms with Gasteiger partial charge in [0.2, 0.25) is 0 Å². The van der Waals surface area contributed by atoms with Gasteiger partial charge in [0.15, 0.2) is 0 Å². The topological polar surface area (TPSA) is 42.7 Å². The molecule has 0 aliphatic heterocycles. The Hall–Kier alpha value is -1.20. The Labute approximate surface area is 122 Å². The summed E-state index contributed by atoms with van der Waals surface area (Å²) in [4.78, 5) is 0. The molecule has 19 heavy (non-hydrogen) atoms. The van der Waals surface area contributed by atoms with E-state index in [1.807, 2.05) is 10.9 Å². The van der Waals surface area contributed by atoms with Gasteiger partial charge in [-0.3, -0.25) is 0 Å². The summed E-state index contributed by atoms with van der Waals surface area (Å²) in [6.45, 7) is 6.05. The number of nitrogens with one attached hydrogen (secondary N) is 1. The number of nitrogens with zero attached hydrogens (tertiary/aromatic N) is 3. The van der Waals surface area contributed by atoms with Crippen LogP contribution in [0.25, 0.3) is 0 Å². The van der Waals surface area contributed by atoms with Crippen LogP contribution in [0.4, 0.5) is 0 Å². The fourth-order valence-electron chi connectivity index (χ4n) is 2.13. The van der Waals surface area contributed by atoms with Gasteiger partial charge >= 0.3 is 0 Å². The third-order valence-electron chi connectivity index (χ3n) is 2.99. The smallest absolute Gasteiger partial charge is 0.0801 e. The van der Waals surface area contributed by atoms with Crippen molar-refractivity contribution < 1.29 is 0 Å². The highest BCUT2D eigenvalue weighted by molar-refractivity contribution is 9.10. The van der Waals surface area contributed by atoms with Crippen molar-refractivity contribution in [2.24, 2.45) is 0 Å². The van der Waals surface area contributed by atoms with E-state index in [0.29, 0.717) is 0 Å². The molecule has 0 saturated carbocycles. The molecule has 1 heterocycles. The van der Waals surface area contributed by atoms with Gasteiger partial charge in [0.25, 0.3) is 0 Å². The molecule has 102 valence electrons. The zero-order valence-electron chi connectivity index (χ0n) is 11.3. The van der Waals surface area contributed by atoms with Crippen LogP contribution in [0.5, 0.6) is 0 Å². The summed E-state index contributed by atoms with van der Waals surface area (Å²) in [6.07, 6.45) is 2.90. The number of aryl methyl sites for hydroxylation is 1. The highest BCUT2D eigenvalue weighted by atomic mass is 79.9. The zero-order chi connectivity index (χ0) is 13.7. The van der Waals surface area contributed by atoms with Crippen LogP contribution in [-0.2, 0) is 6.54 Å². The van der Waals surface area contributed by atoms with Crippen molar-refractivity contribution >= 4 is 15.9 Å². The minimum atomic E-state index is 0.139. The maximum absolute atomic E-state index is 4.17. The summed E-state index contributed by atoms with van der Waals surface area (Å²) >= 11 is 3.47. The maximum Gasteiger partial charge on any atom is 0.0801 e. The van der Waals surface area contributed by atoms with E-state index in [4.69, 9.17) is 0 Å². The molecule has 1 atom stereocenters. The fourth-order valence-corrected chi connectivity index (χ4v) is 2.39. The van der Waals surface area contributed by atoms with Gasteiger partial charge < -0.3 is 5.32 Å². The van der Waals surface area contributed by atoms with Crippen LogP contribution in [0.15, 0.2) is 34.9 Å². The van der Waals surface area contributed by atoms with Crippen LogP contribution in [0, 0.1) is 0 Å². The predicted octanol–water partition coefficient (Wildman–Crippen LogP) is 3.15. The first-order valence-corrected chi connectivity index (χ1v) is 7.42. The van der Waals surface area contributed by atoms with Crippen molar-refractivity contribution in [3.05, 3.63) is 46.2 Å². The van der Waals surface area contributed by atoms with Crippen LogP contribution in [0.2, 0.25) is 0 Å². The molecule has 5 heteroatoms. The average Bonchev–Trinajstić information content (AvgIpc) is 2.86. The van der Waals surface area contributed by atoms with E-state index in [2.05, 4.69) is 69.7 Å². The standard InChI is InChI=1S/C14H19BrN4/c1-3-9-19-13(10-17-18-19)14(16-4-2)11-5-7-12(15)8-6-11/h5-8,10,14,16H,3-4,9H2,1-2H3. The van der Waals surface area contributed by atoms with Gasteiger partial charge in [-0.25, -0.2) is 4.68 Å². The number of rotatable bonds is 6. The molecule has 0 aliphatic rings. The SMILES string of the molecule is CCCn1nncc1C(NCC)c1ccc(Br)cc1. The van der Waals surface area contributed by atoms with Crippen LogP contribution in [0.1, 0.15) is 37.6 Å². The molecule has 0 spiro atoms. The van der Waals surface area contributed by atoms with Crippen LogP contribution in [0.3, 0.4) is 0 Å². The summed E-state index contributed by atoms with van der Waals surface area (Å²) in [7, 11) is 0. The Morgan fingerprint density at radius 3 is 2.63 bits per heavy atom. The molecular weight excluding hydrogens is 304 g/mol. The Morgan fingerprint density at radius 2 is 2.00 bits per heavy atom. The Bertz CT molecular complexity index is 506. The van der Waals surface area contributed by atoms with E-state index >= 15 is 0 Å². The molecule has 1 aromatic carbocycles. The molecule has 1 N–H and O–H groups in total. The predicted molar refractivity (Wildman–Crippen MR) is 80.0 cm³/mol. The average molecular weight is 323 g/mol. The van der Waals surface area contributed by atoms with E-state index in [-0.39, 0.29) is 6.04 Å². The van der Waals surface area contributed by atoms with E-state index in [1.54, 1.807) is 0 Å². The van der Waals surface area contributed by atoms with E-state index < -0.39 is 0 Å². The summed E-state index contributed by atoms with van der Waals surface area (Å²) in [5.74, 6) is 0. The molecule has 0 amide bonds. The lowest BCUT2D eigenvalue weighted by Crippen LogP contribution is -2.25. The third-order valence-corrected chi connectivity index (χ3v) is 3.52. The molecule has 4 nitrogen and oxygen atoms in total. The fraction of sp³-hybridized carbons (Fsp3) is 0.429. The van der Waals surface area contributed by atoms with E-state index in [9.17, 15) is 0 Å². The second kappa shape index (κ2) is 6.82. The van der Waals surface area contributed by atoms with Gasteiger partial charge in [-0.05, 0) is 30.7 Å². The minimum absolute atomic E-state index is 0.139. The first kappa shape index (κ1) is 14.2. The Morgan fingerprint density at radius 1 is 1.26 bits per heavy atom. The van der Waals surface area contributed by atoms with Crippen molar-refractivity contribution in [1.29, 1.82) is 0 Å². The van der Waals surface area contributed by atoms with Gasteiger partial charge in [-0.15, -0.1) is 5.10 Å². The first-order chi connectivity index (χ1) is 9.26. The largest absolute Gasteiger partial charge is 0.305 e. The first-order valence-electron chi connectivity index (χ1n) is 6.63. The van der Waals surface area contributed by atoms with Crippen molar-refractivity contribution in [2.45, 2.75) is 32.9 Å². The maximum atomic E-state index is 4.17. The second-order valence-corrected chi connectivity index (χ2v) is 5.34. The van der Waals surface area contributed by atoms with Crippen molar-refractivity contribution in [2.75, 3.05) is 6.54 Å². The molecule has 0 fully saturated rings. The lowest BCUT2D eigenvalue weighted by molar-refractivity contribution is 0.511. The van der Waals surface area contributed by atoms with Gasteiger partial charge in [0.05, 0.1) is 17.9 Å². The molecule has 0 saturated heterocycles. The summed E-state index contributed by atoms with van der Waals surface area (Å²) in [5, 5.41) is 11.7. The molecule has 1 aromatic heterocycles. The number of aromatic nitrogens is 3. The van der Waals surface area contributed by atoms with Crippen LogP contribution in [-0.4, -0.2) is 21.5 Å². The zero-order valence-corrected chi connectivity index (χ0v) is 12.9. The monoisotopic (exact) mass is 322 g/mol. The number of halogens is 1. The molecule has 0 bridgehead atoms. The number of hydrogen-bond acceptors (Lipinski definition) is 3. The Balaban J connectivity index is 2.33. The van der Waals surface area contributed by atoms with Gasteiger partial charge in [-0.2, -0.15) is 0 Å². The van der Waals surface area contributed by atoms with Gasteiger partial charge in [0.1, 0.15) is 0 Å². The quantitative estimate of drug-likeness (QED) is 0.888. The highest BCUT2D eigenvalue weighted by Gasteiger charge is 2.17. The van der Waals surface area contributed by atoms with Crippen LogP contribution >= 0.6 is 15.9 Å².